The minimum atomic E-state index is -0.786. The SMILES string of the molecule is CCCCCOc1cccc(C2/C(=C(\O)c3ccc(OC)cc3)C(=O)C(=O)N2Cc2cccnc2)c1. The van der Waals surface area contributed by atoms with E-state index >= 15 is 0 Å². The molecule has 1 atom stereocenters. The Hall–Kier alpha value is -4.13. The molecule has 0 bridgehead atoms. The third-order valence-electron chi connectivity index (χ3n) is 6.17. The zero-order valence-corrected chi connectivity index (χ0v) is 20.5. The Labute approximate surface area is 211 Å². The fourth-order valence-electron chi connectivity index (χ4n) is 4.30. The number of rotatable bonds is 10. The van der Waals surface area contributed by atoms with Gasteiger partial charge >= 0.3 is 0 Å². The van der Waals surface area contributed by atoms with Crippen LogP contribution in [0.5, 0.6) is 11.5 Å². The molecule has 1 unspecified atom stereocenters. The molecule has 0 radical (unpaired) electrons. The van der Waals surface area contributed by atoms with Crippen LogP contribution >= 0.6 is 0 Å². The van der Waals surface area contributed by atoms with Crippen LogP contribution in [0.1, 0.15) is 48.9 Å². The third kappa shape index (κ3) is 5.40. The van der Waals surface area contributed by atoms with Crippen LogP contribution in [0.4, 0.5) is 0 Å². The number of likely N-dealkylation sites (tertiary alicyclic amines) is 1. The van der Waals surface area contributed by atoms with E-state index in [-0.39, 0.29) is 17.9 Å². The second-order valence-corrected chi connectivity index (χ2v) is 8.64. The van der Waals surface area contributed by atoms with Gasteiger partial charge in [-0.2, -0.15) is 0 Å². The maximum absolute atomic E-state index is 13.3. The van der Waals surface area contributed by atoms with Crippen molar-refractivity contribution in [2.24, 2.45) is 0 Å². The molecule has 1 N–H and O–H groups in total. The monoisotopic (exact) mass is 486 g/mol. The van der Waals surface area contributed by atoms with Crippen molar-refractivity contribution in [1.29, 1.82) is 0 Å². The van der Waals surface area contributed by atoms with Crippen molar-refractivity contribution < 1.29 is 24.2 Å². The first-order chi connectivity index (χ1) is 17.5. The van der Waals surface area contributed by atoms with Crippen LogP contribution in [-0.2, 0) is 16.1 Å². The largest absolute Gasteiger partial charge is 0.507 e. The Kier molecular flexibility index (Phi) is 8.00. The van der Waals surface area contributed by atoms with Crippen molar-refractivity contribution >= 4 is 17.4 Å². The summed E-state index contributed by atoms with van der Waals surface area (Å²) in [5.74, 6) is -0.364. The van der Waals surface area contributed by atoms with Crippen molar-refractivity contribution in [1.82, 2.24) is 9.88 Å². The highest BCUT2D eigenvalue weighted by Gasteiger charge is 2.46. The van der Waals surface area contributed by atoms with E-state index in [1.165, 1.54) is 4.90 Å². The summed E-state index contributed by atoms with van der Waals surface area (Å²) in [5.41, 5.74) is 1.92. The van der Waals surface area contributed by atoms with E-state index < -0.39 is 17.7 Å². The summed E-state index contributed by atoms with van der Waals surface area (Å²) < 4.78 is 11.1. The van der Waals surface area contributed by atoms with E-state index in [1.54, 1.807) is 49.8 Å². The van der Waals surface area contributed by atoms with Gasteiger partial charge in [0.1, 0.15) is 17.3 Å². The van der Waals surface area contributed by atoms with Crippen molar-refractivity contribution in [2.75, 3.05) is 13.7 Å². The van der Waals surface area contributed by atoms with Crippen molar-refractivity contribution in [3.63, 3.8) is 0 Å². The number of carbonyl (C=O) groups excluding carboxylic acids is 2. The minimum Gasteiger partial charge on any atom is -0.507 e. The standard InChI is InChI=1S/C29H30N2O5/c1-3-4-5-16-36-24-10-6-9-22(17-24)26-25(27(32)21-11-13-23(35-2)14-12-21)28(33)29(34)31(26)19-20-8-7-15-30-18-20/h6-15,17-18,26,32H,3-5,16,19H2,1-2H3/b27-25+. The Bertz CT molecular complexity index is 1240. The maximum Gasteiger partial charge on any atom is 0.295 e. The van der Waals surface area contributed by atoms with E-state index in [0.717, 1.165) is 24.8 Å². The lowest BCUT2D eigenvalue weighted by atomic mass is 9.95. The molecule has 1 amide bonds. The molecule has 2 heterocycles. The molecule has 0 aliphatic carbocycles. The van der Waals surface area contributed by atoms with Crippen LogP contribution in [0.3, 0.4) is 0 Å². The second-order valence-electron chi connectivity index (χ2n) is 8.64. The van der Waals surface area contributed by atoms with Crippen molar-refractivity contribution in [2.45, 2.75) is 38.8 Å². The number of methoxy groups -OCH3 is 1. The van der Waals surface area contributed by atoms with Gasteiger partial charge in [0.15, 0.2) is 0 Å². The summed E-state index contributed by atoms with van der Waals surface area (Å²) in [6.45, 7) is 2.89. The van der Waals surface area contributed by atoms with Gasteiger partial charge < -0.3 is 19.5 Å². The molecule has 7 nitrogen and oxygen atoms in total. The van der Waals surface area contributed by atoms with Gasteiger partial charge in [0.2, 0.25) is 0 Å². The molecule has 1 aliphatic heterocycles. The Morgan fingerprint density at radius 1 is 1.03 bits per heavy atom. The third-order valence-corrected chi connectivity index (χ3v) is 6.17. The average Bonchev–Trinajstić information content (AvgIpc) is 3.16. The van der Waals surface area contributed by atoms with E-state index in [9.17, 15) is 14.7 Å². The van der Waals surface area contributed by atoms with Gasteiger partial charge in [-0.3, -0.25) is 14.6 Å². The molecule has 36 heavy (non-hydrogen) atoms. The number of unbranched alkanes of at least 4 members (excludes halogenated alkanes) is 2. The molecule has 1 saturated heterocycles. The number of hydrogen-bond acceptors (Lipinski definition) is 6. The number of benzene rings is 2. The summed E-state index contributed by atoms with van der Waals surface area (Å²) in [5, 5.41) is 11.3. The molecular formula is C29H30N2O5. The number of ketones is 1. The number of aliphatic hydroxyl groups excluding tert-OH is 1. The zero-order chi connectivity index (χ0) is 25.5. The minimum absolute atomic E-state index is 0.0391. The fraction of sp³-hybridized carbons (Fsp3) is 0.276. The summed E-state index contributed by atoms with van der Waals surface area (Å²) in [7, 11) is 1.55. The van der Waals surface area contributed by atoms with Gasteiger partial charge in [-0.25, -0.2) is 0 Å². The van der Waals surface area contributed by atoms with Crippen LogP contribution in [-0.4, -0.2) is 40.4 Å². The number of aliphatic hydroxyl groups is 1. The maximum atomic E-state index is 13.3. The molecule has 4 rings (SSSR count). The molecule has 1 aliphatic rings. The zero-order valence-electron chi connectivity index (χ0n) is 20.5. The fourth-order valence-corrected chi connectivity index (χ4v) is 4.30. The number of ether oxygens (including phenoxy) is 2. The number of hydrogen-bond donors (Lipinski definition) is 1. The molecule has 1 fully saturated rings. The number of carbonyl (C=O) groups is 2. The van der Waals surface area contributed by atoms with Gasteiger partial charge in [-0.15, -0.1) is 0 Å². The van der Waals surface area contributed by atoms with Crippen LogP contribution < -0.4 is 9.47 Å². The van der Waals surface area contributed by atoms with Crippen LogP contribution in [0.15, 0.2) is 78.6 Å². The topological polar surface area (TPSA) is 89.0 Å². The van der Waals surface area contributed by atoms with E-state index in [0.29, 0.717) is 29.2 Å². The smallest absolute Gasteiger partial charge is 0.295 e. The number of nitrogens with zero attached hydrogens (tertiary/aromatic N) is 2. The normalized spacial score (nSPS) is 16.8. The Morgan fingerprint density at radius 2 is 1.83 bits per heavy atom. The molecule has 2 aromatic carbocycles. The molecule has 3 aromatic rings. The highest BCUT2D eigenvalue weighted by Crippen LogP contribution is 2.41. The van der Waals surface area contributed by atoms with E-state index in [1.807, 2.05) is 30.3 Å². The molecule has 186 valence electrons. The molecule has 0 saturated carbocycles. The van der Waals surface area contributed by atoms with Crippen LogP contribution in [0.25, 0.3) is 5.76 Å². The number of aromatic nitrogens is 1. The van der Waals surface area contributed by atoms with Gasteiger partial charge in [0.25, 0.3) is 11.7 Å². The lowest BCUT2D eigenvalue weighted by Crippen LogP contribution is -2.29. The van der Waals surface area contributed by atoms with E-state index in [2.05, 4.69) is 11.9 Å². The summed E-state index contributed by atoms with van der Waals surface area (Å²) in [4.78, 5) is 32.1. The lowest BCUT2D eigenvalue weighted by molar-refractivity contribution is -0.140. The number of amides is 1. The Balaban J connectivity index is 1.76. The summed E-state index contributed by atoms with van der Waals surface area (Å²) in [6.07, 6.45) is 6.42. The van der Waals surface area contributed by atoms with Crippen molar-refractivity contribution in [3.05, 3.63) is 95.3 Å². The van der Waals surface area contributed by atoms with Crippen molar-refractivity contribution in [3.8, 4) is 11.5 Å². The first kappa shape index (κ1) is 25.0. The quantitative estimate of drug-likeness (QED) is 0.182. The molecular weight excluding hydrogens is 456 g/mol. The average molecular weight is 487 g/mol. The number of pyridine rings is 1. The van der Waals surface area contributed by atoms with Gasteiger partial charge in [0.05, 0.1) is 25.3 Å². The predicted molar refractivity (Wildman–Crippen MR) is 137 cm³/mol. The predicted octanol–water partition coefficient (Wildman–Crippen LogP) is 5.28. The van der Waals surface area contributed by atoms with Gasteiger partial charge in [-0.05, 0) is 60.0 Å². The van der Waals surface area contributed by atoms with E-state index in [4.69, 9.17) is 9.47 Å². The van der Waals surface area contributed by atoms with Gasteiger partial charge in [-0.1, -0.05) is 38.0 Å². The first-order valence-corrected chi connectivity index (χ1v) is 12.1. The molecule has 7 heteroatoms. The first-order valence-electron chi connectivity index (χ1n) is 12.1. The lowest BCUT2D eigenvalue weighted by Gasteiger charge is -2.25. The van der Waals surface area contributed by atoms with Gasteiger partial charge in [0, 0.05) is 24.5 Å². The highest BCUT2D eigenvalue weighted by atomic mass is 16.5. The Morgan fingerprint density at radius 3 is 2.53 bits per heavy atom. The second kappa shape index (κ2) is 11.5. The highest BCUT2D eigenvalue weighted by molar-refractivity contribution is 6.46. The number of Topliss-reactive ketones (excluding diaryl/α,β-unsaturated/α-hetero) is 1. The molecule has 0 spiro atoms. The van der Waals surface area contributed by atoms with Crippen LogP contribution in [0, 0.1) is 0 Å². The summed E-state index contributed by atoms with van der Waals surface area (Å²) >= 11 is 0. The molecule has 1 aromatic heterocycles. The van der Waals surface area contributed by atoms with Crippen LogP contribution in [0.2, 0.25) is 0 Å². The summed E-state index contributed by atoms with van der Waals surface area (Å²) in [6, 6.07) is 16.9.